The van der Waals surface area contributed by atoms with E-state index in [1.807, 2.05) is 0 Å². The molecule has 0 bridgehead atoms. The van der Waals surface area contributed by atoms with Gasteiger partial charge in [0, 0.05) is 26.1 Å². The zero-order chi connectivity index (χ0) is 13.5. The third-order valence-electron chi connectivity index (χ3n) is 3.66. The minimum Gasteiger partial charge on any atom is -0.481 e. The van der Waals surface area contributed by atoms with Crippen LogP contribution in [0.2, 0.25) is 0 Å². The molecule has 1 rings (SSSR count). The van der Waals surface area contributed by atoms with Crippen molar-refractivity contribution in [3.63, 3.8) is 0 Å². The Bertz CT molecular complexity index is 286. The number of piperidine rings is 1. The molecule has 1 unspecified atom stereocenters. The van der Waals surface area contributed by atoms with E-state index in [4.69, 9.17) is 5.11 Å². The zero-order valence-electron chi connectivity index (χ0n) is 11.3. The minimum atomic E-state index is -0.741. The van der Waals surface area contributed by atoms with E-state index in [1.54, 1.807) is 4.90 Å². The molecular weight excluding hydrogens is 232 g/mol. The van der Waals surface area contributed by atoms with Gasteiger partial charge in [-0.3, -0.25) is 4.79 Å². The van der Waals surface area contributed by atoms with Crippen LogP contribution < -0.4 is 5.32 Å². The summed E-state index contributed by atoms with van der Waals surface area (Å²) < 4.78 is 0. The Balaban J connectivity index is 2.25. The van der Waals surface area contributed by atoms with E-state index in [0.717, 1.165) is 19.3 Å². The van der Waals surface area contributed by atoms with Crippen LogP contribution in [0.4, 0.5) is 4.79 Å². The third kappa shape index (κ3) is 4.94. The van der Waals surface area contributed by atoms with E-state index in [9.17, 15) is 9.59 Å². The molecule has 2 N–H and O–H groups in total. The molecular formula is C13H24N2O3. The number of rotatable bonds is 5. The predicted octanol–water partition coefficient (Wildman–Crippen LogP) is 1.93. The Morgan fingerprint density at radius 2 is 2.00 bits per heavy atom. The van der Waals surface area contributed by atoms with Crippen molar-refractivity contribution in [3.05, 3.63) is 0 Å². The highest BCUT2D eigenvalue weighted by atomic mass is 16.4. The summed E-state index contributed by atoms with van der Waals surface area (Å²) >= 11 is 0. The highest BCUT2D eigenvalue weighted by Crippen LogP contribution is 2.20. The number of carboxylic acids is 1. The Labute approximate surface area is 109 Å². The number of carbonyl (C=O) groups excluding carboxylic acids is 1. The monoisotopic (exact) mass is 256 g/mol. The van der Waals surface area contributed by atoms with Crippen LogP contribution in [0.15, 0.2) is 0 Å². The van der Waals surface area contributed by atoms with E-state index in [0.29, 0.717) is 25.6 Å². The van der Waals surface area contributed by atoms with Gasteiger partial charge in [-0.1, -0.05) is 20.3 Å². The molecule has 1 aliphatic rings. The quantitative estimate of drug-likeness (QED) is 0.789. The van der Waals surface area contributed by atoms with Crippen LogP contribution in [-0.2, 0) is 4.79 Å². The first-order valence-corrected chi connectivity index (χ1v) is 6.77. The van der Waals surface area contributed by atoms with Crippen molar-refractivity contribution >= 4 is 12.0 Å². The van der Waals surface area contributed by atoms with Crippen molar-refractivity contribution in [3.8, 4) is 0 Å². The van der Waals surface area contributed by atoms with Crippen LogP contribution in [0.1, 0.15) is 39.5 Å². The maximum absolute atomic E-state index is 11.8. The van der Waals surface area contributed by atoms with Crippen molar-refractivity contribution in [2.45, 2.75) is 39.5 Å². The van der Waals surface area contributed by atoms with Gasteiger partial charge in [0.2, 0.25) is 0 Å². The second-order valence-corrected chi connectivity index (χ2v) is 5.23. The molecule has 5 heteroatoms. The lowest BCUT2D eigenvalue weighted by Gasteiger charge is -2.31. The molecule has 1 aliphatic heterocycles. The lowest BCUT2D eigenvalue weighted by atomic mass is 9.94. The van der Waals surface area contributed by atoms with E-state index >= 15 is 0 Å². The van der Waals surface area contributed by atoms with Gasteiger partial charge in [-0.2, -0.15) is 0 Å². The van der Waals surface area contributed by atoms with Crippen LogP contribution in [0.25, 0.3) is 0 Å². The molecule has 1 saturated heterocycles. The zero-order valence-corrected chi connectivity index (χ0v) is 11.3. The number of amides is 2. The fourth-order valence-corrected chi connectivity index (χ4v) is 2.10. The molecule has 0 aromatic carbocycles. The van der Waals surface area contributed by atoms with Gasteiger partial charge in [-0.25, -0.2) is 4.79 Å². The maximum atomic E-state index is 11.8. The fraction of sp³-hybridized carbons (Fsp3) is 0.846. The van der Waals surface area contributed by atoms with Crippen molar-refractivity contribution in [2.24, 2.45) is 11.8 Å². The number of carbonyl (C=O) groups is 2. The second kappa shape index (κ2) is 7.24. The summed E-state index contributed by atoms with van der Waals surface area (Å²) in [5.41, 5.74) is 0. The molecule has 0 spiro atoms. The highest BCUT2D eigenvalue weighted by molar-refractivity contribution is 5.74. The Morgan fingerprint density at radius 3 is 2.50 bits per heavy atom. The topological polar surface area (TPSA) is 69.6 Å². The first kappa shape index (κ1) is 14.8. The van der Waals surface area contributed by atoms with Gasteiger partial charge in [-0.05, 0) is 24.7 Å². The van der Waals surface area contributed by atoms with E-state index in [2.05, 4.69) is 19.2 Å². The fourth-order valence-electron chi connectivity index (χ4n) is 2.10. The van der Waals surface area contributed by atoms with Crippen molar-refractivity contribution in [1.82, 2.24) is 10.2 Å². The predicted molar refractivity (Wildman–Crippen MR) is 69.4 cm³/mol. The highest BCUT2D eigenvalue weighted by Gasteiger charge is 2.24. The van der Waals surface area contributed by atoms with Gasteiger partial charge >= 0.3 is 12.0 Å². The standard InChI is InChI=1S/C13H24N2O3/c1-3-10(2)9-14-13(18)15-6-4-11(5-7-15)8-12(16)17/h10-11H,3-9H2,1-2H3,(H,14,18)(H,16,17). The molecule has 0 aromatic rings. The number of aliphatic carboxylic acids is 1. The maximum Gasteiger partial charge on any atom is 0.317 e. The Kier molecular flexibility index (Phi) is 5.95. The SMILES string of the molecule is CCC(C)CNC(=O)N1CCC(CC(=O)O)CC1. The van der Waals surface area contributed by atoms with Crippen LogP contribution in [0.3, 0.4) is 0 Å². The summed E-state index contributed by atoms with van der Waals surface area (Å²) in [5.74, 6) is -0.0192. The minimum absolute atomic E-state index is 0.0101. The largest absolute Gasteiger partial charge is 0.481 e. The first-order chi connectivity index (χ1) is 8.52. The molecule has 0 saturated carbocycles. The van der Waals surface area contributed by atoms with Crippen LogP contribution >= 0.6 is 0 Å². The van der Waals surface area contributed by atoms with Crippen molar-refractivity contribution in [1.29, 1.82) is 0 Å². The molecule has 104 valence electrons. The summed E-state index contributed by atoms with van der Waals surface area (Å²) in [6, 6.07) is -0.0101. The first-order valence-electron chi connectivity index (χ1n) is 6.77. The van der Waals surface area contributed by atoms with Crippen molar-refractivity contribution in [2.75, 3.05) is 19.6 Å². The van der Waals surface area contributed by atoms with Gasteiger partial charge in [-0.15, -0.1) is 0 Å². The molecule has 0 aromatic heterocycles. The normalized spacial score (nSPS) is 18.4. The van der Waals surface area contributed by atoms with Crippen LogP contribution in [-0.4, -0.2) is 41.6 Å². The van der Waals surface area contributed by atoms with E-state index in [-0.39, 0.29) is 18.4 Å². The van der Waals surface area contributed by atoms with E-state index in [1.165, 1.54) is 0 Å². The van der Waals surface area contributed by atoms with Crippen LogP contribution in [0.5, 0.6) is 0 Å². The lowest BCUT2D eigenvalue weighted by Crippen LogP contribution is -2.45. The van der Waals surface area contributed by atoms with Crippen molar-refractivity contribution < 1.29 is 14.7 Å². The van der Waals surface area contributed by atoms with Gasteiger partial charge in [0.25, 0.3) is 0 Å². The number of hydrogen-bond donors (Lipinski definition) is 2. The molecule has 18 heavy (non-hydrogen) atoms. The number of nitrogens with zero attached hydrogens (tertiary/aromatic N) is 1. The Morgan fingerprint density at radius 1 is 1.39 bits per heavy atom. The molecule has 1 atom stereocenters. The van der Waals surface area contributed by atoms with Crippen LogP contribution in [0, 0.1) is 11.8 Å². The number of carboxylic acid groups (broad SMARTS) is 1. The molecule has 5 nitrogen and oxygen atoms in total. The van der Waals surface area contributed by atoms with Gasteiger partial charge in [0.1, 0.15) is 0 Å². The Hall–Kier alpha value is -1.26. The smallest absolute Gasteiger partial charge is 0.317 e. The average Bonchev–Trinajstić information content (AvgIpc) is 2.35. The molecule has 2 amide bonds. The molecule has 0 aliphatic carbocycles. The summed E-state index contributed by atoms with van der Waals surface area (Å²) in [6.45, 7) is 6.27. The van der Waals surface area contributed by atoms with E-state index < -0.39 is 5.97 Å². The number of urea groups is 1. The van der Waals surface area contributed by atoms with Gasteiger partial charge in [0.05, 0.1) is 0 Å². The second-order valence-electron chi connectivity index (χ2n) is 5.23. The molecule has 1 fully saturated rings. The third-order valence-corrected chi connectivity index (χ3v) is 3.66. The average molecular weight is 256 g/mol. The summed E-state index contributed by atoms with van der Waals surface area (Å²) in [4.78, 5) is 24.2. The van der Waals surface area contributed by atoms with Gasteiger partial charge < -0.3 is 15.3 Å². The lowest BCUT2D eigenvalue weighted by molar-refractivity contribution is -0.138. The number of nitrogens with one attached hydrogen (secondary N) is 1. The summed E-state index contributed by atoms with van der Waals surface area (Å²) in [7, 11) is 0. The molecule has 0 radical (unpaired) electrons. The van der Waals surface area contributed by atoms with Gasteiger partial charge in [0.15, 0.2) is 0 Å². The molecule has 1 heterocycles. The number of hydrogen-bond acceptors (Lipinski definition) is 2. The number of likely N-dealkylation sites (tertiary alicyclic amines) is 1. The summed E-state index contributed by atoms with van der Waals surface area (Å²) in [5, 5.41) is 11.6. The summed E-state index contributed by atoms with van der Waals surface area (Å²) in [6.07, 6.45) is 2.87.